The predicted molar refractivity (Wildman–Crippen MR) is 72.8 cm³/mol. The van der Waals surface area contributed by atoms with Crippen molar-refractivity contribution in [3.05, 3.63) is 28.5 Å². The summed E-state index contributed by atoms with van der Waals surface area (Å²) in [5.41, 5.74) is 0.541. The summed E-state index contributed by atoms with van der Waals surface area (Å²) in [6, 6.07) is 3.45. The molecular formula is C13H15BrN2O3. The molecule has 102 valence electrons. The quantitative estimate of drug-likeness (QED) is 0.864. The second-order valence-electron chi connectivity index (χ2n) is 4.73. The smallest absolute Gasteiger partial charge is 0.303 e. The number of rotatable bonds is 3. The first kappa shape index (κ1) is 14.0. The first-order chi connectivity index (χ1) is 9.06. The molecule has 1 aliphatic rings. The molecule has 0 saturated carbocycles. The Bertz CT molecular complexity index is 475. The number of carboxylic acids is 1. The number of aliphatic carboxylic acids is 1. The third-order valence-corrected chi connectivity index (χ3v) is 3.71. The van der Waals surface area contributed by atoms with Gasteiger partial charge in [-0.15, -0.1) is 0 Å². The van der Waals surface area contributed by atoms with Crippen LogP contribution in [0, 0.1) is 5.92 Å². The highest BCUT2D eigenvalue weighted by atomic mass is 79.9. The average Bonchev–Trinajstić information content (AvgIpc) is 2.38. The zero-order valence-electron chi connectivity index (χ0n) is 10.4. The minimum absolute atomic E-state index is 0.0543. The van der Waals surface area contributed by atoms with Crippen molar-refractivity contribution in [3.63, 3.8) is 0 Å². The van der Waals surface area contributed by atoms with E-state index in [2.05, 4.69) is 20.9 Å². The maximum Gasteiger partial charge on any atom is 0.303 e. The van der Waals surface area contributed by atoms with E-state index in [1.807, 2.05) is 0 Å². The molecule has 1 atom stereocenters. The van der Waals surface area contributed by atoms with Crippen LogP contribution in [0.5, 0.6) is 0 Å². The molecule has 5 nitrogen and oxygen atoms in total. The Morgan fingerprint density at radius 2 is 2.26 bits per heavy atom. The number of aromatic nitrogens is 1. The summed E-state index contributed by atoms with van der Waals surface area (Å²) < 4.78 is 0.687. The maximum absolute atomic E-state index is 12.3. The van der Waals surface area contributed by atoms with Crippen LogP contribution >= 0.6 is 15.9 Å². The number of amides is 1. The van der Waals surface area contributed by atoms with Gasteiger partial charge >= 0.3 is 5.97 Å². The van der Waals surface area contributed by atoms with Crippen LogP contribution in [0.25, 0.3) is 0 Å². The van der Waals surface area contributed by atoms with E-state index < -0.39 is 5.97 Å². The Morgan fingerprint density at radius 3 is 2.89 bits per heavy atom. The lowest BCUT2D eigenvalue weighted by atomic mass is 9.94. The van der Waals surface area contributed by atoms with Crippen molar-refractivity contribution in [2.45, 2.75) is 19.3 Å². The van der Waals surface area contributed by atoms with Gasteiger partial charge in [-0.1, -0.05) is 0 Å². The van der Waals surface area contributed by atoms with E-state index in [0.717, 1.165) is 12.8 Å². The number of hydrogen-bond donors (Lipinski definition) is 1. The fourth-order valence-corrected chi connectivity index (χ4v) is 2.58. The maximum atomic E-state index is 12.3. The fourth-order valence-electron chi connectivity index (χ4n) is 2.35. The van der Waals surface area contributed by atoms with Crippen molar-refractivity contribution < 1.29 is 14.7 Å². The number of hydrogen-bond acceptors (Lipinski definition) is 3. The Balaban J connectivity index is 2.02. The second kappa shape index (κ2) is 6.14. The number of nitrogens with zero attached hydrogens (tertiary/aromatic N) is 2. The average molecular weight is 327 g/mol. The standard InChI is InChI=1S/C13H15BrN2O3/c14-11-4-3-10(7-15-11)13(19)16-5-1-2-9(8-16)6-12(17)18/h3-4,7,9H,1-2,5-6,8H2,(H,17,18). The fraction of sp³-hybridized carbons (Fsp3) is 0.462. The van der Waals surface area contributed by atoms with Gasteiger partial charge in [-0.05, 0) is 46.8 Å². The van der Waals surface area contributed by atoms with Crippen molar-refractivity contribution in [1.82, 2.24) is 9.88 Å². The van der Waals surface area contributed by atoms with Gasteiger partial charge in [0, 0.05) is 25.7 Å². The SMILES string of the molecule is O=C(O)CC1CCCN(C(=O)c2ccc(Br)nc2)C1. The molecule has 0 bridgehead atoms. The van der Waals surface area contributed by atoms with Gasteiger partial charge in [0.1, 0.15) is 4.60 Å². The Kier molecular flexibility index (Phi) is 4.52. The van der Waals surface area contributed by atoms with Gasteiger partial charge in [0.2, 0.25) is 0 Å². The van der Waals surface area contributed by atoms with E-state index in [4.69, 9.17) is 5.11 Å². The third kappa shape index (κ3) is 3.76. The molecule has 2 heterocycles. The molecule has 1 N–H and O–H groups in total. The minimum atomic E-state index is -0.801. The van der Waals surface area contributed by atoms with Gasteiger partial charge in [-0.3, -0.25) is 9.59 Å². The van der Waals surface area contributed by atoms with Crippen LogP contribution < -0.4 is 0 Å². The normalized spacial score (nSPS) is 19.2. The van der Waals surface area contributed by atoms with Gasteiger partial charge in [-0.25, -0.2) is 4.98 Å². The summed E-state index contributed by atoms with van der Waals surface area (Å²) in [7, 11) is 0. The number of carbonyl (C=O) groups excluding carboxylic acids is 1. The molecule has 0 aliphatic carbocycles. The summed E-state index contributed by atoms with van der Waals surface area (Å²) in [6.45, 7) is 1.20. The van der Waals surface area contributed by atoms with Gasteiger partial charge in [0.15, 0.2) is 0 Å². The molecule has 0 radical (unpaired) electrons. The van der Waals surface area contributed by atoms with Crippen LogP contribution in [0.15, 0.2) is 22.9 Å². The number of carboxylic acid groups (broad SMARTS) is 1. The zero-order chi connectivity index (χ0) is 13.8. The molecule has 1 aromatic heterocycles. The number of likely N-dealkylation sites (tertiary alicyclic amines) is 1. The molecule has 1 aliphatic heterocycles. The molecule has 1 saturated heterocycles. The molecule has 1 unspecified atom stereocenters. The number of halogens is 1. The molecule has 2 rings (SSSR count). The second-order valence-corrected chi connectivity index (χ2v) is 5.54. The lowest BCUT2D eigenvalue weighted by Crippen LogP contribution is -2.40. The van der Waals surface area contributed by atoms with E-state index in [1.165, 1.54) is 6.20 Å². The van der Waals surface area contributed by atoms with Crippen molar-refractivity contribution in [3.8, 4) is 0 Å². The van der Waals surface area contributed by atoms with Crippen LogP contribution in [-0.2, 0) is 4.79 Å². The molecule has 0 spiro atoms. The summed E-state index contributed by atoms with van der Waals surface area (Å²) in [5, 5.41) is 8.82. The van der Waals surface area contributed by atoms with Crippen LogP contribution in [0.1, 0.15) is 29.6 Å². The summed E-state index contributed by atoms with van der Waals surface area (Å²) >= 11 is 3.23. The number of carbonyl (C=O) groups is 2. The summed E-state index contributed by atoms with van der Waals surface area (Å²) in [5.74, 6) is -0.821. The van der Waals surface area contributed by atoms with Crippen LogP contribution in [0.3, 0.4) is 0 Å². The van der Waals surface area contributed by atoms with E-state index in [1.54, 1.807) is 17.0 Å². The minimum Gasteiger partial charge on any atom is -0.481 e. The highest BCUT2D eigenvalue weighted by Crippen LogP contribution is 2.21. The van der Waals surface area contributed by atoms with Crippen molar-refractivity contribution >= 4 is 27.8 Å². The molecule has 19 heavy (non-hydrogen) atoms. The molecule has 0 aromatic carbocycles. The number of piperidine rings is 1. The molecule has 6 heteroatoms. The monoisotopic (exact) mass is 326 g/mol. The van der Waals surface area contributed by atoms with Crippen LogP contribution in [-0.4, -0.2) is 40.0 Å². The van der Waals surface area contributed by atoms with E-state index >= 15 is 0 Å². The van der Waals surface area contributed by atoms with E-state index in [9.17, 15) is 9.59 Å². The van der Waals surface area contributed by atoms with Gasteiger partial charge in [0.25, 0.3) is 5.91 Å². The van der Waals surface area contributed by atoms with Crippen molar-refractivity contribution in [2.75, 3.05) is 13.1 Å². The summed E-state index contributed by atoms with van der Waals surface area (Å²) in [4.78, 5) is 28.8. The molecule has 1 fully saturated rings. The Labute approximate surface area is 119 Å². The highest BCUT2D eigenvalue weighted by Gasteiger charge is 2.25. The van der Waals surface area contributed by atoms with Crippen molar-refractivity contribution in [2.24, 2.45) is 5.92 Å². The molecular weight excluding hydrogens is 312 g/mol. The van der Waals surface area contributed by atoms with Gasteiger partial charge in [0.05, 0.1) is 5.56 Å². The number of pyridine rings is 1. The predicted octanol–water partition coefficient (Wildman–Crippen LogP) is 2.17. The molecule has 1 aromatic rings. The largest absolute Gasteiger partial charge is 0.481 e. The Hall–Kier alpha value is -1.43. The lowest BCUT2D eigenvalue weighted by Gasteiger charge is -2.32. The Morgan fingerprint density at radius 1 is 1.47 bits per heavy atom. The van der Waals surface area contributed by atoms with Gasteiger partial charge in [-0.2, -0.15) is 0 Å². The van der Waals surface area contributed by atoms with Crippen LogP contribution in [0.4, 0.5) is 0 Å². The first-order valence-corrected chi connectivity index (χ1v) is 6.98. The molecule has 1 amide bonds. The first-order valence-electron chi connectivity index (χ1n) is 6.19. The van der Waals surface area contributed by atoms with E-state index in [-0.39, 0.29) is 18.2 Å². The van der Waals surface area contributed by atoms with Crippen LogP contribution in [0.2, 0.25) is 0 Å². The van der Waals surface area contributed by atoms with E-state index in [0.29, 0.717) is 23.3 Å². The van der Waals surface area contributed by atoms with Gasteiger partial charge < -0.3 is 10.0 Å². The topological polar surface area (TPSA) is 70.5 Å². The lowest BCUT2D eigenvalue weighted by molar-refractivity contribution is -0.138. The zero-order valence-corrected chi connectivity index (χ0v) is 12.0. The highest BCUT2D eigenvalue weighted by molar-refractivity contribution is 9.10. The summed E-state index contributed by atoms with van der Waals surface area (Å²) in [6.07, 6.45) is 3.39. The van der Waals surface area contributed by atoms with Crippen molar-refractivity contribution in [1.29, 1.82) is 0 Å². The third-order valence-electron chi connectivity index (χ3n) is 3.24.